The molecule has 0 bridgehead atoms. The topological polar surface area (TPSA) is 127 Å². The Hall–Kier alpha value is -3.38. The molecule has 0 unspecified atom stereocenters. The number of carbonyl (C=O) groups excluding carboxylic acids is 4. The first kappa shape index (κ1) is 36.5. The number of nitrogens with zero attached hydrogens (tertiary/aromatic N) is 3. The highest BCUT2D eigenvalue weighted by Gasteiger charge is 2.45. The van der Waals surface area contributed by atoms with Crippen LogP contribution >= 0.6 is 0 Å². The Bertz CT molecular complexity index is 1300. The van der Waals surface area contributed by atoms with Crippen LogP contribution < -0.4 is 19.9 Å². The van der Waals surface area contributed by atoms with E-state index in [1.165, 1.54) is 4.90 Å². The zero-order valence-corrected chi connectivity index (χ0v) is 29.6. The Balaban J connectivity index is 1.65. The summed E-state index contributed by atoms with van der Waals surface area (Å²) in [5.74, 6) is -1.15. The van der Waals surface area contributed by atoms with Crippen LogP contribution in [0.4, 0.5) is 16.2 Å². The van der Waals surface area contributed by atoms with E-state index < -0.39 is 29.1 Å². The summed E-state index contributed by atoms with van der Waals surface area (Å²) < 4.78 is 22.7. The maximum absolute atomic E-state index is 14.5. The molecule has 4 amide bonds. The summed E-state index contributed by atoms with van der Waals surface area (Å²) >= 11 is 0. The van der Waals surface area contributed by atoms with Crippen molar-refractivity contribution in [1.82, 2.24) is 10.2 Å². The van der Waals surface area contributed by atoms with Gasteiger partial charge in [-0.2, -0.15) is 0 Å². The summed E-state index contributed by atoms with van der Waals surface area (Å²) in [6.45, 7) is 16.6. The molecule has 0 aromatic heterocycles. The second-order valence-electron chi connectivity index (χ2n) is 14.7. The number of nitrogens with one attached hydrogen (secondary N) is 1. The Morgan fingerprint density at radius 2 is 1.81 bits per heavy atom. The molecule has 1 saturated carbocycles. The quantitative estimate of drug-likeness (QED) is 0.328. The minimum absolute atomic E-state index is 0.0229. The third-order valence-corrected chi connectivity index (χ3v) is 8.75. The van der Waals surface area contributed by atoms with E-state index in [2.05, 4.69) is 5.32 Å². The molecular weight excluding hydrogens is 604 g/mol. The van der Waals surface area contributed by atoms with Gasteiger partial charge >= 0.3 is 6.09 Å². The maximum Gasteiger partial charge on any atom is 0.410 e. The van der Waals surface area contributed by atoms with Crippen LogP contribution in [0.3, 0.4) is 0 Å². The van der Waals surface area contributed by atoms with E-state index in [0.29, 0.717) is 43.5 Å². The molecule has 2 aliphatic heterocycles. The first-order valence-electron chi connectivity index (χ1n) is 16.9. The van der Waals surface area contributed by atoms with Crippen molar-refractivity contribution in [2.75, 3.05) is 56.4 Å². The van der Waals surface area contributed by atoms with E-state index in [1.54, 1.807) is 57.6 Å². The lowest BCUT2D eigenvalue weighted by Gasteiger charge is -2.40. The molecule has 3 aliphatic rings. The summed E-state index contributed by atoms with van der Waals surface area (Å²) in [6, 6.07) is 5.25. The molecule has 3 atom stereocenters. The highest BCUT2D eigenvalue weighted by atomic mass is 16.6. The van der Waals surface area contributed by atoms with Crippen molar-refractivity contribution in [3.63, 3.8) is 0 Å². The first-order chi connectivity index (χ1) is 22.1. The second kappa shape index (κ2) is 14.8. The summed E-state index contributed by atoms with van der Waals surface area (Å²) in [7, 11) is 1.59. The van der Waals surface area contributed by atoms with Crippen LogP contribution in [-0.2, 0) is 28.6 Å². The number of benzene rings is 1. The van der Waals surface area contributed by atoms with Crippen LogP contribution in [0.5, 0.6) is 5.75 Å². The number of carbonyl (C=O) groups is 4. The molecular formula is C35H54N4O8. The molecule has 262 valence electrons. The molecule has 1 aliphatic carbocycles. The van der Waals surface area contributed by atoms with Crippen molar-refractivity contribution in [3.8, 4) is 5.75 Å². The number of likely N-dealkylation sites (tertiary alicyclic amines) is 1. The lowest BCUT2D eigenvalue weighted by molar-refractivity contribution is -0.133. The third kappa shape index (κ3) is 8.95. The first-order valence-corrected chi connectivity index (χ1v) is 16.9. The van der Waals surface area contributed by atoms with Gasteiger partial charge in [-0.15, -0.1) is 0 Å². The van der Waals surface area contributed by atoms with Gasteiger partial charge in [0, 0.05) is 45.1 Å². The van der Waals surface area contributed by atoms with E-state index in [-0.39, 0.29) is 55.2 Å². The molecule has 0 spiro atoms. The summed E-state index contributed by atoms with van der Waals surface area (Å²) in [6.07, 6.45) is 1.39. The molecule has 2 heterocycles. The molecule has 12 heteroatoms. The number of rotatable bonds is 12. The highest BCUT2D eigenvalue weighted by Crippen LogP contribution is 2.43. The smallest absolute Gasteiger partial charge is 0.410 e. The molecule has 0 radical (unpaired) electrons. The Morgan fingerprint density at radius 1 is 1.13 bits per heavy atom. The van der Waals surface area contributed by atoms with Gasteiger partial charge in [0.25, 0.3) is 5.91 Å². The number of amides is 4. The zero-order valence-electron chi connectivity index (χ0n) is 29.6. The van der Waals surface area contributed by atoms with Crippen LogP contribution in [0, 0.1) is 17.8 Å². The predicted molar refractivity (Wildman–Crippen MR) is 179 cm³/mol. The summed E-state index contributed by atoms with van der Waals surface area (Å²) in [4.78, 5) is 59.9. The largest absolute Gasteiger partial charge is 0.476 e. The number of methoxy groups -OCH3 is 1. The van der Waals surface area contributed by atoms with E-state index >= 15 is 0 Å². The van der Waals surface area contributed by atoms with E-state index in [4.69, 9.17) is 18.9 Å². The molecule has 1 aromatic carbocycles. The second-order valence-corrected chi connectivity index (χ2v) is 14.7. The summed E-state index contributed by atoms with van der Waals surface area (Å²) in [5.41, 5.74) is -0.561. The van der Waals surface area contributed by atoms with Crippen molar-refractivity contribution < 1.29 is 38.1 Å². The van der Waals surface area contributed by atoms with Crippen LogP contribution in [0.2, 0.25) is 0 Å². The van der Waals surface area contributed by atoms with Gasteiger partial charge in [-0.25, -0.2) is 4.79 Å². The fraction of sp³-hybridized carbons (Fsp3) is 0.714. The number of ether oxygens (including phenoxy) is 4. The van der Waals surface area contributed by atoms with Gasteiger partial charge in [0.1, 0.15) is 11.4 Å². The third-order valence-electron chi connectivity index (χ3n) is 8.75. The standard InChI is InChI=1S/C35H54N4O8/c1-10-45-16-15-38-28-18-26(13-14-29(28)46-35(7,8)32(38)42)39(25-11-12-25)31(41)24-17-23(30(40)36-27(21-44-9)22(2)3)19-37(20-24)33(43)47-34(4,5)6/h13-14,18,22-25,27H,10-12,15-17,19-21H2,1-9H3,(H,36,40)/t23-,24+,27-/m0/s1. The minimum Gasteiger partial charge on any atom is -0.476 e. The van der Waals surface area contributed by atoms with Crippen LogP contribution in [0.25, 0.3) is 0 Å². The van der Waals surface area contributed by atoms with E-state index in [9.17, 15) is 19.2 Å². The maximum atomic E-state index is 14.5. The Morgan fingerprint density at radius 3 is 2.40 bits per heavy atom. The molecule has 47 heavy (non-hydrogen) atoms. The zero-order chi connectivity index (χ0) is 34.7. The van der Waals surface area contributed by atoms with Gasteiger partial charge < -0.3 is 39.0 Å². The number of piperidine rings is 1. The van der Waals surface area contributed by atoms with Gasteiger partial charge in [0.15, 0.2) is 5.60 Å². The summed E-state index contributed by atoms with van der Waals surface area (Å²) in [5, 5.41) is 3.09. The Labute approximate surface area is 279 Å². The van der Waals surface area contributed by atoms with Crippen LogP contribution in [0.15, 0.2) is 18.2 Å². The lowest BCUT2D eigenvalue weighted by Crippen LogP contribution is -2.55. The van der Waals surface area contributed by atoms with E-state index in [0.717, 1.165) is 12.8 Å². The van der Waals surface area contributed by atoms with Gasteiger partial charge in [-0.1, -0.05) is 13.8 Å². The number of hydrogen-bond donors (Lipinski definition) is 1. The van der Waals surface area contributed by atoms with Gasteiger partial charge in [-0.05, 0) is 84.9 Å². The molecule has 1 N–H and O–H groups in total. The number of anilines is 2. The minimum atomic E-state index is -1.05. The molecule has 4 rings (SSSR count). The normalized spacial score (nSPS) is 21.5. The van der Waals surface area contributed by atoms with E-state index in [1.807, 2.05) is 32.9 Å². The van der Waals surface area contributed by atoms with Crippen molar-refractivity contribution >= 4 is 35.2 Å². The average Bonchev–Trinajstić information content (AvgIpc) is 3.83. The highest BCUT2D eigenvalue weighted by molar-refractivity contribution is 6.04. The van der Waals surface area contributed by atoms with Gasteiger partial charge in [-0.3, -0.25) is 14.4 Å². The molecule has 12 nitrogen and oxygen atoms in total. The van der Waals surface area contributed by atoms with Crippen molar-refractivity contribution in [2.45, 2.75) is 97.9 Å². The van der Waals surface area contributed by atoms with Crippen LogP contribution in [0.1, 0.15) is 74.7 Å². The number of hydrogen-bond acceptors (Lipinski definition) is 8. The van der Waals surface area contributed by atoms with Gasteiger partial charge in [0.05, 0.1) is 36.8 Å². The fourth-order valence-corrected chi connectivity index (χ4v) is 6.10. The lowest BCUT2D eigenvalue weighted by atomic mass is 9.87. The predicted octanol–water partition coefficient (Wildman–Crippen LogP) is 4.38. The number of fused-ring (bicyclic) bond motifs is 1. The molecule has 1 saturated heterocycles. The molecule has 2 fully saturated rings. The Kier molecular flexibility index (Phi) is 11.5. The van der Waals surface area contributed by atoms with Crippen molar-refractivity contribution in [2.24, 2.45) is 17.8 Å². The monoisotopic (exact) mass is 658 g/mol. The molecule has 1 aromatic rings. The van der Waals surface area contributed by atoms with Crippen molar-refractivity contribution in [3.05, 3.63) is 18.2 Å². The van der Waals surface area contributed by atoms with Gasteiger partial charge in [0.2, 0.25) is 11.8 Å². The van der Waals surface area contributed by atoms with Crippen molar-refractivity contribution in [1.29, 1.82) is 0 Å². The fourth-order valence-electron chi connectivity index (χ4n) is 6.10. The SMILES string of the molecule is CCOCCN1C(=O)C(C)(C)Oc2ccc(N(C(=O)[C@@H]3C[C@H](C(=O)N[C@@H](COC)C(C)C)CN(C(=O)OC(C)(C)C)C3)C3CC3)cc21. The average molecular weight is 659 g/mol. The van der Waals surface area contributed by atoms with Crippen LogP contribution in [-0.4, -0.2) is 98.6 Å².